The van der Waals surface area contributed by atoms with E-state index in [1.54, 1.807) is 0 Å². The van der Waals surface area contributed by atoms with Crippen LogP contribution in [0, 0.1) is 6.92 Å². The monoisotopic (exact) mass is 443 g/mol. The van der Waals surface area contributed by atoms with E-state index in [0.717, 1.165) is 42.3 Å². The third-order valence-electron chi connectivity index (χ3n) is 5.46. The van der Waals surface area contributed by atoms with Gasteiger partial charge in [0, 0.05) is 30.3 Å². The largest absolute Gasteiger partial charge is 0.339 e. The first-order valence-corrected chi connectivity index (χ1v) is 11.9. The number of nitrogens with one attached hydrogen (secondary N) is 2. The molecular formula is C24H25N7S. The van der Waals surface area contributed by atoms with Gasteiger partial charge in [0.25, 0.3) is 0 Å². The number of benzene rings is 2. The fourth-order valence-electron chi connectivity index (χ4n) is 3.73. The van der Waals surface area contributed by atoms with Crippen LogP contribution in [-0.2, 0) is 6.42 Å². The first-order valence-electron chi connectivity index (χ1n) is 10.7. The lowest BCUT2D eigenvalue weighted by atomic mass is 10.1. The van der Waals surface area contributed by atoms with E-state index in [-0.39, 0.29) is 0 Å². The summed E-state index contributed by atoms with van der Waals surface area (Å²) in [7, 11) is 0. The molecule has 0 amide bonds. The number of anilines is 4. The third kappa shape index (κ3) is 4.75. The number of aromatic nitrogens is 3. The van der Waals surface area contributed by atoms with E-state index in [4.69, 9.17) is 0 Å². The van der Waals surface area contributed by atoms with Crippen molar-refractivity contribution in [2.75, 3.05) is 40.2 Å². The standard InChI is InChI=1S/C24H25N7S/c1-17-6-10-20(11-7-17)26-22-27-23(29-24(28-22)31-12-14-32-15-13-31)30-25-16-19-9-8-18-4-2-3-5-21(18)19/h2-7,9-11,16H,8,12-15H2,1H3,(H2,26,27,28,29,30)/b25-16+. The fraction of sp³-hybridized carbons (Fsp3) is 0.250. The molecule has 2 heterocycles. The summed E-state index contributed by atoms with van der Waals surface area (Å²) < 4.78 is 0. The molecule has 0 atom stereocenters. The number of fused-ring (bicyclic) bond motifs is 1. The Balaban J connectivity index is 1.37. The van der Waals surface area contributed by atoms with Crippen LogP contribution in [-0.4, -0.2) is 45.8 Å². The van der Waals surface area contributed by atoms with Crippen molar-refractivity contribution >= 4 is 47.1 Å². The number of nitrogens with zero attached hydrogens (tertiary/aromatic N) is 5. The summed E-state index contributed by atoms with van der Waals surface area (Å²) in [6, 6.07) is 16.6. The van der Waals surface area contributed by atoms with Gasteiger partial charge in [-0.15, -0.1) is 0 Å². The van der Waals surface area contributed by atoms with Crippen molar-refractivity contribution in [3.05, 3.63) is 71.3 Å². The van der Waals surface area contributed by atoms with Gasteiger partial charge in [0.1, 0.15) is 0 Å². The van der Waals surface area contributed by atoms with Crippen molar-refractivity contribution in [2.24, 2.45) is 5.10 Å². The normalized spacial score (nSPS) is 15.5. The number of thioether (sulfide) groups is 1. The van der Waals surface area contributed by atoms with Gasteiger partial charge in [-0.2, -0.15) is 31.8 Å². The Hall–Kier alpha value is -3.39. The molecular weight excluding hydrogens is 418 g/mol. The van der Waals surface area contributed by atoms with Crippen LogP contribution in [0.25, 0.3) is 5.57 Å². The van der Waals surface area contributed by atoms with Crippen molar-refractivity contribution in [1.29, 1.82) is 0 Å². The molecule has 0 radical (unpaired) electrons. The van der Waals surface area contributed by atoms with Gasteiger partial charge in [0.15, 0.2) is 0 Å². The second-order valence-electron chi connectivity index (χ2n) is 7.76. The number of aryl methyl sites for hydroxylation is 1. The van der Waals surface area contributed by atoms with Crippen molar-refractivity contribution in [1.82, 2.24) is 15.0 Å². The van der Waals surface area contributed by atoms with E-state index < -0.39 is 0 Å². The van der Waals surface area contributed by atoms with Crippen LogP contribution in [0.2, 0.25) is 0 Å². The Morgan fingerprint density at radius 1 is 0.969 bits per heavy atom. The highest BCUT2D eigenvalue weighted by atomic mass is 32.2. The van der Waals surface area contributed by atoms with Gasteiger partial charge in [0.2, 0.25) is 17.8 Å². The molecule has 2 aromatic carbocycles. The van der Waals surface area contributed by atoms with Crippen LogP contribution in [0.3, 0.4) is 0 Å². The zero-order valence-corrected chi connectivity index (χ0v) is 18.8. The summed E-state index contributed by atoms with van der Waals surface area (Å²) in [5, 5.41) is 7.72. The van der Waals surface area contributed by atoms with E-state index in [1.807, 2.05) is 30.1 Å². The second kappa shape index (κ2) is 9.40. The zero-order valence-electron chi connectivity index (χ0n) is 18.0. The quantitative estimate of drug-likeness (QED) is 0.428. The van der Waals surface area contributed by atoms with Crippen molar-refractivity contribution in [3.8, 4) is 0 Å². The van der Waals surface area contributed by atoms with Gasteiger partial charge in [-0.3, -0.25) is 0 Å². The van der Waals surface area contributed by atoms with Crippen molar-refractivity contribution in [2.45, 2.75) is 13.3 Å². The molecule has 162 valence electrons. The topological polar surface area (TPSA) is 78.3 Å². The lowest BCUT2D eigenvalue weighted by Crippen LogP contribution is -2.34. The Labute approximate surface area is 192 Å². The highest BCUT2D eigenvalue weighted by Gasteiger charge is 2.17. The number of rotatable bonds is 6. The molecule has 8 heteroatoms. The minimum atomic E-state index is 0.422. The molecule has 1 fully saturated rings. The Kier molecular flexibility index (Phi) is 6.02. The second-order valence-corrected chi connectivity index (χ2v) is 8.99. The molecule has 1 saturated heterocycles. The summed E-state index contributed by atoms with van der Waals surface area (Å²) in [6.07, 6.45) is 4.95. The summed E-state index contributed by atoms with van der Waals surface area (Å²) in [5.41, 5.74) is 8.80. The number of hydrogen-bond acceptors (Lipinski definition) is 8. The van der Waals surface area contributed by atoms with Gasteiger partial charge in [0.05, 0.1) is 6.21 Å². The van der Waals surface area contributed by atoms with Crippen molar-refractivity contribution < 1.29 is 0 Å². The predicted molar refractivity (Wildman–Crippen MR) is 134 cm³/mol. The summed E-state index contributed by atoms with van der Waals surface area (Å²) in [5.74, 6) is 3.73. The Bertz CT molecular complexity index is 1150. The molecule has 0 bridgehead atoms. The van der Waals surface area contributed by atoms with Crippen LogP contribution < -0.4 is 15.6 Å². The Morgan fingerprint density at radius 3 is 2.59 bits per heavy atom. The van der Waals surface area contributed by atoms with Crippen LogP contribution in [0.4, 0.5) is 23.5 Å². The Morgan fingerprint density at radius 2 is 1.75 bits per heavy atom. The molecule has 32 heavy (non-hydrogen) atoms. The third-order valence-corrected chi connectivity index (χ3v) is 6.41. The lowest BCUT2D eigenvalue weighted by molar-refractivity contribution is 0.809. The molecule has 5 rings (SSSR count). The van der Waals surface area contributed by atoms with Gasteiger partial charge in [-0.25, -0.2) is 5.43 Å². The smallest absolute Gasteiger partial charge is 0.250 e. The molecule has 1 aliphatic heterocycles. The van der Waals surface area contributed by atoms with E-state index in [0.29, 0.717) is 17.8 Å². The van der Waals surface area contributed by atoms with Crippen LogP contribution >= 0.6 is 11.8 Å². The minimum Gasteiger partial charge on any atom is -0.339 e. The van der Waals surface area contributed by atoms with Gasteiger partial charge < -0.3 is 10.2 Å². The maximum absolute atomic E-state index is 4.67. The highest BCUT2D eigenvalue weighted by Crippen LogP contribution is 2.26. The van der Waals surface area contributed by atoms with Crippen LogP contribution in [0.5, 0.6) is 0 Å². The predicted octanol–water partition coefficient (Wildman–Crippen LogP) is 4.51. The van der Waals surface area contributed by atoms with E-state index >= 15 is 0 Å². The maximum Gasteiger partial charge on any atom is 0.250 e. The number of hydrazone groups is 1. The summed E-state index contributed by atoms with van der Waals surface area (Å²) >= 11 is 1.95. The molecule has 2 N–H and O–H groups in total. The lowest BCUT2D eigenvalue weighted by Gasteiger charge is -2.26. The molecule has 7 nitrogen and oxygen atoms in total. The molecule has 0 saturated carbocycles. The number of allylic oxidation sites excluding steroid dienone is 2. The zero-order chi connectivity index (χ0) is 21.8. The summed E-state index contributed by atoms with van der Waals surface area (Å²) in [4.78, 5) is 16.0. The van der Waals surface area contributed by atoms with Crippen molar-refractivity contribution in [3.63, 3.8) is 0 Å². The fourth-order valence-corrected chi connectivity index (χ4v) is 4.64. The van der Waals surface area contributed by atoms with E-state index in [1.165, 1.54) is 16.7 Å². The first-order chi connectivity index (χ1) is 15.7. The average molecular weight is 444 g/mol. The molecule has 1 aromatic heterocycles. The molecule has 2 aliphatic rings. The molecule has 3 aromatic rings. The molecule has 0 spiro atoms. The average Bonchev–Trinajstić information content (AvgIpc) is 3.24. The van der Waals surface area contributed by atoms with Gasteiger partial charge in [-0.1, -0.05) is 48.0 Å². The van der Waals surface area contributed by atoms with Crippen LogP contribution in [0.15, 0.2) is 59.7 Å². The van der Waals surface area contributed by atoms with E-state index in [2.05, 4.69) is 85.1 Å². The molecule has 1 aliphatic carbocycles. The number of hydrogen-bond donors (Lipinski definition) is 2. The highest BCUT2D eigenvalue weighted by molar-refractivity contribution is 7.99. The first kappa shape index (κ1) is 20.5. The van der Waals surface area contributed by atoms with Crippen LogP contribution in [0.1, 0.15) is 16.7 Å². The molecule has 0 unspecified atom stereocenters. The van der Waals surface area contributed by atoms with Gasteiger partial charge >= 0.3 is 0 Å². The maximum atomic E-state index is 4.67. The minimum absolute atomic E-state index is 0.422. The van der Waals surface area contributed by atoms with Gasteiger partial charge in [-0.05, 0) is 42.2 Å². The SMILES string of the molecule is Cc1ccc(Nc2nc(N/N=C/C3=CCc4ccccc43)nc(N3CCSCC3)n2)cc1. The van der Waals surface area contributed by atoms with E-state index in [9.17, 15) is 0 Å². The summed E-state index contributed by atoms with van der Waals surface area (Å²) in [6.45, 7) is 3.91.